The lowest BCUT2D eigenvalue weighted by atomic mass is 10.1. The van der Waals surface area contributed by atoms with Crippen molar-refractivity contribution in [2.45, 2.75) is 25.9 Å². The molecule has 1 aromatic carbocycles. The smallest absolute Gasteiger partial charge is 0.128 e. The van der Waals surface area contributed by atoms with E-state index in [-0.39, 0.29) is 10.8 Å². The van der Waals surface area contributed by atoms with E-state index in [2.05, 4.69) is 11.8 Å². The van der Waals surface area contributed by atoms with Crippen LogP contribution in [-0.4, -0.2) is 35.7 Å². The van der Waals surface area contributed by atoms with Gasteiger partial charge in [-0.3, -0.25) is 4.90 Å². The summed E-state index contributed by atoms with van der Waals surface area (Å²) in [6.07, 6.45) is 1.01. The number of halogens is 1. The Morgan fingerprint density at radius 2 is 2.37 bits per heavy atom. The largest absolute Gasteiger partial charge is 0.389 e. The van der Waals surface area contributed by atoms with Crippen molar-refractivity contribution in [1.29, 1.82) is 0 Å². The minimum absolute atomic E-state index is 0.225. The Labute approximate surface area is 118 Å². The van der Waals surface area contributed by atoms with Gasteiger partial charge in [0, 0.05) is 30.3 Å². The van der Waals surface area contributed by atoms with E-state index in [1.807, 2.05) is 0 Å². The molecule has 1 fully saturated rings. The van der Waals surface area contributed by atoms with Crippen LogP contribution in [0.1, 0.15) is 24.5 Å². The van der Waals surface area contributed by atoms with Crippen LogP contribution < -0.4 is 5.73 Å². The van der Waals surface area contributed by atoms with Gasteiger partial charge in [0.15, 0.2) is 0 Å². The number of morpholine rings is 1. The molecule has 19 heavy (non-hydrogen) atoms. The van der Waals surface area contributed by atoms with Gasteiger partial charge in [0.25, 0.3) is 0 Å². The van der Waals surface area contributed by atoms with E-state index in [9.17, 15) is 4.39 Å². The SMILES string of the molecule is CCC1COCCN1Cc1ccc(C(N)=S)cc1F. The van der Waals surface area contributed by atoms with Crippen LogP contribution in [0.4, 0.5) is 4.39 Å². The summed E-state index contributed by atoms with van der Waals surface area (Å²) < 4.78 is 19.5. The molecule has 1 aliphatic heterocycles. The fourth-order valence-electron chi connectivity index (χ4n) is 2.32. The van der Waals surface area contributed by atoms with Crippen LogP contribution in [0, 0.1) is 5.82 Å². The maximum Gasteiger partial charge on any atom is 0.128 e. The highest BCUT2D eigenvalue weighted by Gasteiger charge is 2.22. The number of benzene rings is 1. The van der Waals surface area contributed by atoms with Gasteiger partial charge in [-0.05, 0) is 12.5 Å². The minimum Gasteiger partial charge on any atom is -0.389 e. The Hall–Kier alpha value is -1.04. The average Bonchev–Trinajstić information content (AvgIpc) is 2.41. The Kier molecular flexibility index (Phi) is 4.85. The molecule has 1 aromatic rings. The van der Waals surface area contributed by atoms with E-state index in [0.717, 1.165) is 19.6 Å². The van der Waals surface area contributed by atoms with Gasteiger partial charge in [0.1, 0.15) is 10.8 Å². The van der Waals surface area contributed by atoms with Crippen molar-refractivity contribution in [3.63, 3.8) is 0 Å². The van der Waals surface area contributed by atoms with Gasteiger partial charge in [-0.25, -0.2) is 4.39 Å². The normalized spacial score (nSPS) is 20.4. The van der Waals surface area contributed by atoms with Crippen molar-refractivity contribution >= 4 is 17.2 Å². The second kappa shape index (κ2) is 6.41. The fraction of sp³-hybridized carbons (Fsp3) is 0.500. The molecular weight excluding hydrogens is 263 g/mol. The van der Waals surface area contributed by atoms with Gasteiger partial charge in [-0.1, -0.05) is 31.3 Å². The van der Waals surface area contributed by atoms with Crippen LogP contribution in [0.15, 0.2) is 18.2 Å². The summed E-state index contributed by atoms with van der Waals surface area (Å²) in [5, 5.41) is 0. The monoisotopic (exact) mass is 282 g/mol. The highest BCUT2D eigenvalue weighted by atomic mass is 32.1. The van der Waals surface area contributed by atoms with E-state index in [4.69, 9.17) is 22.7 Å². The van der Waals surface area contributed by atoms with Crippen molar-refractivity contribution < 1.29 is 9.13 Å². The lowest BCUT2D eigenvalue weighted by Crippen LogP contribution is -2.44. The molecule has 1 saturated heterocycles. The number of nitrogens with two attached hydrogens (primary N) is 1. The van der Waals surface area contributed by atoms with Crippen LogP contribution in [0.2, 0.25) is 0 Å². The van der Waals surface area contributed by atoms with Crippen molar-refractivity contribution in [3.05, 3.63) is 35.1 Å². The van der Waals surface area contributed by atoms with E-state index in [1.165, 1.54) is 6.07 Å². The molecule has 0 amide bonds. The van der Waals surface area contributed by atoms with Crippen LogP contribution in [0.5, 0.6) is 0 Å². The van der Waals surface area contributed by atoms with E-state index < -0.39 is 0 Å². The standard InChI is InChI=1S/C14H19FN2OS/c1-2-12-9-18-6-5-17(12)8-11-4-3-10(14(16)19)7-13(11)15/h3-4,7,12H,2,5-6,8-9H2,1H3,(H2,16,19). The summed E-state index contributed by atoms with van der Waals surface area (Å²) in [7, 11) is 0. The molecule has 0 spiro atoms. The molecular formula is C14H19FN2OS. The lowest BCUT2D eigenvalue weighted by molar-refractivity contribution is -0.0131. The van der Waals surface area contributed by atoms with Crippen LogP contribution in [0.25, 0.3) is 0 Å². The summed E-state index contributed by atoms with van der Waals surface area (Å²) in [5.41, 5.74) is 6.75. The van der Waals surface area contributed by atoms with Gasteiger partial charge in [0.05, 0.1) is 13.2 Å². The quantitative estimate of drug-likeness (QED) is 0.858. The van der Waals surface area contributed by atoms with Crippen LogP contribution >= 0.6 is 12.2 Å². The first-order valence-corrected chi connectivity index (χ1v) is 6.92. The first-order valence-electron chi connectivity index (χ1n) is 6.51. The van der Waals surface area contributed by atoms with Crippen molar-refractivity contribution in [3.8, 4) is 0 Å². The summed E-state index contributed by atoms with van der Waals surface area (Å²) in [6, 6.07) is 5.33. The third-order valence-corrected chi connectivity index (χ3v) is 3.77. The van der Waals surface area contributed by atoms with Gasteiger partial charge >= 0.3 is 0 Å². The fourth-order valence-corrected chi connectivity index (χ4v) is 2.45. The Bertz CT molecular complexity index is 467. The Balaban J connectivity index is 2.11. The average molecular weight is 282 g/mol. The third kappa shape index (κ3) is 3.49. The van der Waals surface area contributed by atoms with Crippen LogP contribution in [-0.2, 0) is 11.3 Å². The molecule has 0 saturated carbocycles. The summed E-state index contributed by atoms with van der Waals surface area (Å²) in [6.45, 7) is 5.01. The molecule has 104 valence electrons. The first-order chi connectivity index (χ1) is 9.11. The van der Waals surface area contributed by atoms with Crippen LogP contribution in [0.3, 0.4) is 0 Å². The molecule has 1 unspecified atom stereocenters. The van der Waals surface area contributed by atoms with E-state index in [0.29, 0.717) is 30.3 Å². The second-order valence-corrected chi connectivity index (χ2v) is 5.22. The molecule has 1 aliphatic rings. The first kappa shape index (κ1) is 14.4. The number of rotatable bonds is 4. The molecule has 0 bridgehead atoms. The summed E-state index contributed by atoms with van der Waals surface area (Å²) in [4.78, 5) is 2.49. The molecule has 0 radical (unpaired) electrons. The summed E-state index contributed by atoms with van der Waals surface area (Å²) >= 11 is 4.85. The highest BCUT2D eigenvalue weighted by molar-refractivity contribution is 7.80. The zero-order chi connectivity index (χ0) is 13.8. The van der Waals surface area contributed by atoms with Crippen molar-refractivity contribution in [1.82, 2.24) is 4.90 Å². The van der Waals surface area contributed by atoms with Gasteiger partial charge in [-0.15, -0.1) is 0 Å². The molecule has 1 heterocycles. The van der Waals surface area contributed by atoms with Gasteiger partial charge in [-0.2, -0.15) is 0 Å². The second-order valence-electron chi connectivity index (χ2n) is 4.78. The maximum absolute atomic E-state index is 14.0. The lowest BCUT2D eigenvalue weighted by Gasteiger charge is -2.35. The number of hydrogen-bond donors (Lipinski definition) is 1. The Morgan fingerprint density at radius 1 is 1.58 bits per heavy atom. The predicted molar refractivity (Wildman–Crippen MR) is 77.6 cm³/mol. The molecule has 0 aliphatic carbocycles. The summed E-state index contributed by atoms with van der Waals surface area (Å²) in [5.74, 6) is -0.244. The highest BCUT2D eigenvalue weighted by Crippen LogP contribution is 2.18. The molecule has 2 N–H and O–H groups in total. The molecule has 1 atom stereocenters. The third-order valence-electron chi connectivity index (χ3n) is 3.53. The minimum atomic E-state index is -0.244. The predicted octanol–water partition coefficient (Wildman–Crippen LogP) is 2.07. The number of nitrogens with zero attached hydrogens (tertiary/aromatic N) is 1. The molecule has 2 rings (SSSR count). The van der Waals surface area contributed by atoms with Crippen molar-refractivity contribution in [2.24, 2.45) is 5.73 Å². The maximum atomic E-state index is 14.0. The van der Waals surface area contributed by atoms with E-state index in [1.54, 1.807) is 12.1 Å². The molecule has 3 nitrogen and oxygen atoms in total. The van der Waals surface area contributed by atoms with Gasteiger partial charge in [0.2, 0.25) is 0 Å². The zero-order valence-corrected chi connectivity index (χ0v) is 11.9. The molecule has 5 heteroatoms. The number of hydrogen-bond acceptors (Lipinski definition) is 3. The molecule has 0 aromatic heterocycles. The van der Waals surface area contributed by atoms with E-state index >= 15 is 0 Å². The number of thiocarbonyl (C=S) groups is 1. The zero-order valence-electron chi connectivity index (χ0n) is 11.1. The topological polar surface area (TPSA) is 38.5 Å². The number of ether oxygens (including phenoxy) is 1. The van der Waals surface area contributed by atoms with Gasteiger partial charge < -0.3 is 10.5 Å². The van der Waals surface area contributed by atoms with Crippen molar-refractivity contribution in [2.75, 3.05) is 19.8 Å². The Morgan fingerprint density at radius 3 is 3.00 bits per heavy atom.